The van der Waals surface area contributed by atoms with Crippen molar-refractivity contribution in [3.8, 4) is 0 Å². The summed E-state index contributed by atoms with van der Waals surface area (Å²) in [6.45, 7) is 6.12. The first-order valence-corrected chi connectivity index (χ1v) is 8.23. The second-order valence-corrected chi connectivity index (χ2v) is 7.05. The summed E-state index contributed by atoms with van der Waals surface area (Å²) < 4.78 is 26.9. The zero-order valence-corrected chi connectivity index (χ0v) is 13.1. The highest BCUT2D eigenvalue weighted by molar-refractivity contribution is 7.89. The van der Waals surface area contributed by atoms with E-state index in [1.807, 2.05) is 20.8 Å². The quantitative estimate of drug-likeness (QED) is 0.526. The van der Waals surface area contributed by atoms with Gasteiger partial charge in [-0.25, -0.2) is 13.1 Å². The molecule has 0 heterocycles. The zero-order valence-electron chi connectivity index (χ0n) is 12.3. The standard InChI is InChI=1S/C14H24N2O3S/c1-10(9-17)5-4-6-16-20(18,19)13-7-11(2)12(3)14(15)8-13/h7-8,10,16-17H,4-6,9,15H2,1-3H3. The van der Waals surface area contributed by atoms with Crippen molar-refractivity contribution in [1.29, 1.82) is 0 Å². The lowest BCUT2D eigenvalue weighted by atomic mass is 10.1. The largest absolute Gasteiger partial charge is 0.398 e. The molecule has 0 amide bonds. The Hall–Kier alpha value is -1.11. The molecule has 6 heteroatoms. The summed E-state index contributed by atoms with van der Waals surface area (Å²) in [5.41, 5.74) is 8.06. The van der Waals surface area contributed by atoms with Crippen LogP contribution in [0.1, 0.15) is 30.9 Å². The van der Waals surface area contributed by atoms with Crippen molar-refractivity contribution < 1.29 is 13.5 Å². The maximum atomic E-state index is 12.1. The molecule has 114 valence electrons. The lowest BCUT2D eigenvalue weighted by Crippen LogP contribution is -2.25. The number of rotatable bonds is 7. The molecule has 1 rings (SSSR count). The van der Waals surface area contributed by atoms with E-state index in [1.165, 1.54) is 6.07 Å². The van der Waals surface area contributed by atoms with Crippen molar-refractivity contribution in [2.75, 3.05) is 18.9 Å². The van der Waals surface area contributed by atoms with E-state index in [1.54, 1.807) is 6.07 Å². The van der Waals surface area contributed by atoms with Crippen LogP contribution in [0.15, 0.2) is 17.0 Å². The lowest BCUT2D eigenvalue weighted by Gasteiger charge is -2.11. The van der Waals surface area contributed by atoms with Crippen molar-refractivity contribution in [1.82, 2.24) is 4.72 Å². The highest BCUT2D eigenvalue weighted by atomic mass is 32.2. The normalized spacial score (nSPS) is 13.4. The third-order valence-corrected chi connectivity index (χ3v) is 4.91. The average Bonchev–Trinajstić information content (AvgIpc) is 2.40. The molecule has 0 aliphatic carbocycles. The third kappa shape index (κ3) is 4.47. The minimum atomic E-state index is -3.52. The van der Waals surface area contributed by atoms with Gasteiger partial charge < -0.3 is 10.8 Å². The van der Waals surface area contributed by atoms with E-state index >= 15 is 0 Å². The van der Waals surface area contributed by atoms with E-state index in [0.29, 0.717) is 18.7 Å². The molecule has 1 aromatic rings. The van der Waals surface area contributed by atoms with Crippen LogP contribution in [0, 0.1) is 19.8 Å². The maximum Gasteiger partial charge on any atom is 0.240 e. The molecule has 0 aliphatic heterocycles. The Morgan fingerprint density at radius 3 is 2.55 bits per heavy atom. The number of anilines is 1. The van der Waals surface area contributed by atoms with Crippen molar-refractivity contribution in [3.05, 3.63) is 23.3 Å². The van der Waals surface area contributed by atoms with Crippen LogP contribution in [0.5, 0.6) is 0 Å². The Morgan fingerprint density at radius 2 is 2.00 bits per heavy atom. The van der Waals surface area contributed by atoms with Crippen LogP contribution in [-0.2, 0) is 10.0 Å². The van der Waals surface area contributed by atoms with E-state index in [-0.39, 0.29) is 17.4 Å². The second kappa shape index (κ2) is 7.06. The third-order valence-electron chi connectivity index (χ3n) is 3.47. The highest BCUT2D eigenvalue weighted by Crippen LogP contribution is 2.21. The molecule has 5 nitrogen and oxygen atoms in total. The first-order valence-electron chi connectivity index (χ1n) is 6.75. The van der Waals surface area contributed by atoms with E-state index in [0.717, 1.165) is 17.5 Å². The van der Waals surface area contributed by atoms with Gasteiger partial charge in [-0.1, -0.05) is 6.92 Å². The molecule has 0 aliphatic rings. The van der Waals surface area contributed by atoms with Gasteiger partial charge in [-0.05, 0) is 55.9 Å². The SMILES string of the molecule is Cc1cc(S(=O)(=O)NCCCC(C)CO)cc(N)c1C. The molecule has 1 atom stereocenters. The van der Waals surface area contributed by atoms with Crippen LogP contribution in [0.25, 0.3) is 0 Å². The van der Waals surface area contributed by atoms with Crippen LogP contribution in [0.4, 0.5) is 5.69 Å². The summed E-state index contributed by atoms with van der Waals surface area (Å²) in [6, 6.07) is 3.12. The van der Waals surface area contributed by atoms with Gasteiger partial charge in [0, 0.05) is 18.8 Å². The van der Waals surface area contributed by atoms with Crippen LogP contribution in [-0.4, -0.2) is 26.7 Å². The number of sulfonamides is 1. The summed E-state index contributed by atoms with van der Waals surface area (Å²) in [6.07, 6.45) is 1.48. The molecule has 0 spiro atoms. The first kappa shape index (κ1) is 16.9. The molecule has 1 aromatic carbocycles. The summed E-state index contributed by atoms with van der Waals surface area (Å²) >= 11 is 0. The average molecular weight is 300 g/mol. The van der Waals surface area contributed by atoms with E-state index < -0.39 is 10.0 Å². The number of aliphatic hydroxyl groups excluding tert-OH is 1. The molecule has 0 bridgehead atoms. The van der Waals surface area contributed by atoms with Gasteiger partial charge in [0.15, 0.2) is 0 Å². The van der Waals surface area contributed by atoms with Crippen LogP contribution in [0.2, 0.25) is 0 Å². The molecule has 1 unspecified atom stereocenters. The summed E-state index contributed by atoms with van der Waals surface area (Å²) in [7, 11) is -3.52. The van der Waals surface area contributed by atoms with Gasteiger partial charge in [0.2, 0.25) is 10.0 Å². The molecular weight excluding hydrogens is 276 g/mol. The van der Waals surface area contributed by atoms with Crippen molar-refractivity contribution >= 4 is 15.7 Å². The number of nitrogens with two attached hydrogens (primary N) is 1. The van der Waals surface area contributed by atoms with Gasteiger partial charge in [-0.2, -0.15) is 0 Å². The molecule has 0 aromatic heterocycles. The molecule has 0 saturated carbocycles. The van der Waals surface area contributed by atoms with E-state index in [9.17, 15) is 8.42 Å². The Bertz CT molecular complexity index is 533. The Labute approximate surface area is 121 Å². The van der Waals surface area contributed by atoms with Crippen LogP contribution in [0.3, 0.4) is 0 Å². The number of benzene rings is 1. The molecule has 4 N–H and O–H groups in total. The van der Waals surface area contributed by atoms with Gasteiger partial charge in [-0.15, -0.1) is 0 Å². The monoisotopic (exact) mass is 300 g/mol. The predicted molar refractivity (Wildman–Crippen MR) is 81.0 cm³/mol. The first-order chi connectivity index (χ1) is 9.27. The van der Waals surface area contributed by atoms with Gasteiger partial charge >= 0.3 is 0 Å². The van der Waals surface area contributed by atoms with E-state index in [4.69, 9.17) is 10.8 Å². The van der Waals surface area contributed by atoms with Crippen LogP contribution < -0.4 is 10.5 Å². The van der Waals surface area contributed by atoms with Crippen LogP contribution >= 0.6 is 0 Å². The minimum Gasteiger partial charge on any atom is -0.398 e. The number of nitrogen functional groups attached to an aromatic ring is 1. The van der Waals surface area contributed by atoms with Crippen molar-refractivity contribution in [2.24, 2.45) is 5.92 Å². The van der Waals surface area contributed by atoms with E-state index in [2.05, 4.69) is 4.72 Å². The fraction of sp³-hybridized carbons (Fsp3) is 0.571. The number of aryl methyl sites for hydroxylation is 1. The molecule has 20 heavy (non-hydrogen) atoms. The molecule has 0 saturated heterocycles. The van der Waals surface area contributed by atoms with Crippen molar-refractivity contribution in [3.63, 3.8) is 0 Å². The number of aliphatic hydroxyl groups is 1. The topological polar surface area (TPSA) is 92.4 Å². The number of hydrogen-bond acceptors (Lipinski definition) is 4. The summed E-state index contributed by atoms with van der Waals surface area (Å²) in [5.74, 6) is 0.191. The minimum absolute atomic E-state index is 0.125. The highest BCUT2D eigenvalue weighted by Gasteiger charge is 2.15. The fourth-order valence-electron chi connectivity index (χ4n) is 1.84. The Balaban J connectivity index is 2.70. The number of hydrogen-bond donors (Lipinski definition) is 3. The van der Waals surface area contributed by atoms with Gasteiger partial charge in [0.1, 0.15) is 0 Å². The van der Waals surface area contributed by atoms with Gasteiger partial charge in [-0.3, -0.25) is 0 Å². The zero-order chi connectivity index (χ0) is 15.3. The Kier molecular flexibility index (Phi) is 5.98. The predicted octanol–water partition coefficient (Wildman–Crippen LogP) is 1.57. The summed E-state index contributed by atoms with van der Waals surface area (Å²) in [5, 5.41) is 8.91. The number of nitrogens with one attached hydrogen (secondary N) is 1. The van der Waals surface area contributed by atoms with Gasteiger partial charge in [0.05, 0.1) is 4.90 Å². The smallest absolute Gasteiger partial charge is 0.240 e. The fourth-order valence-corrected chi connectivity index (χ4v) is 3.03. The lowest BCUT2D eigenvalue weighted by molar-refractivity contribution is 0.228. The second-order valence-electron chi connectivity index (χ2n) is 5.28. The molecule has 0 fully saturated rings. The van der Waals surface area contributed by atoms with Crippen molar-refractivity contribution in [2.45, 2.75) is 38.5 Å². The molecular formula is C14H24N2O3S. The summed E-state index contributed by atoms with van der Waals surface area (Å²) in [4.78, 5) is 0.202. The maximum absolute atomic E-state index is 12.1. The Morgan fingerprint density at radius 1 is 1.35 bits per heavy atom. The molecule has 0 radical (unpaired) electrons. The van der Waals surface area contributed by atoms with Gasteiger partial charge in [0.25, 0.3) is 0 Å².